The first-order valence-corrected chi connectivity index (χ1v) is 7.68. The molecule has 0 aliphatic carbocycles. The molecule has 0 aliphatic heterocycles. The van der Waals surface area contributed by atoms with E-state index in [1.807, 2.05) is 30.3 Å². The number of hydrogen-bond donors (Lipinski definition) is 3. The number of anilines is 1. The van der Waals surface area contributed by atoms with Gasteiger partial charge in [0.1, 0.15) is 0 Å². The van der Waals surface area contributed by atoms with Gasteiger partial charge in [0, 0.05) is 17.8 Å². The largest absolute Gasteiger partial charge is 0.370 e. The zero-order valence-corrected chi connectivity index (χ0v) is 13.3. The molecule has 0 heterocycles. The number of nitrogens with one attached hydrogen (secondary N) is 2. The number of hydrogen-bond acceptors (Lipinski definition) is 2. The highest BCUT2D eigenvalue weighted by Gasteiger charge is 2.02. The molecule has 0 saturated heterocycles. The smallest absolute Gasteiger partial charge is 0.251 e. The van der Waals surface area contributed by atoms with Crippen molar-refractivity contribution < 1.29 is 4.79 Å². The van der Waals surface area contributed by atoms with Gasteiger partial charge in [0.05, 0.1) is 6.54 Å². The number of nitrogens with two attached hydrogens (primary N) is 1. The third-order valence-electron chi connectivity index (χ3n) is 3.35. The minimum atomic E-state index is -0.109. The lowest BCUT2D eigenvalue weighted by atomic mass is 10.1. The predicted molar refractivity (Wildman–Crippen MR) is 94.7 cm³/mol. The Hall–Kier alpha value is -2.82. The van der Waals surface area contributed by atoms with Crippen LogP contribution in [0.15, 0.2) is 59.6 Å². The number of aliphatic imine (C=N–C) groups is 1. The number of nitrogens with zero attached hydrogens (tertiary/aromatic N) is 1. The van der Waals surface area contributed by atoms with Crippen molar-refractivity contribution in [1.29, 1.82) is 0 Å². The van der Waals surface area contributed by atoms with Crippen molar-refractivity contribution in [1.82, 2.24) is 5.32 Å². The number of carbonyl (C=O) groups excluding carboxylic acids is 1. The van der Waals surface area contributed by atoms with Crippen LogP contribution in [0.4, 0.5) is 5.69 Å². The van der Waals surface area contributed by atoms with E-state index in [-0.39, 0.29) is 5.91 Å². The second-order valence-electron chi connectivity index (χ2n) is 5.06. The number of guanidine groups is 1. The highest BCUT2D eigenvalue weighted by atomic mass is 16.1. The van der Waals surface area contributed by atoms with Gasteiger partial charge < -0.3 is 16.4 Å². The van der Waals surface area contributed by atoms with E-state index in [1.165, 1.54) is 5.56 Å². The minimum Gasteiger partial charge on any atom is -0.370 e. The number of carbonyl (C=O) groups is 1. The monoisotopic (exact) mass is 310 g/mol. The summed E-state index contributed by atoms with van der Waals surface area (Å²) >= 11 is 0. The Morgan fingerprint density at radius 2 is 1.78 bits per heavy atom. The number of amides is 1. The molecule has 0 aliphatic rings. The summed E-state index contributed by atoms with van der Waals surface area (Å²) in [7, 11) is 0. The quantitative estimate of drug-likeness (QED) is 0.435. The molecule has 0 radical (unpaired) electrons. The average molecular weight is 310 g/mol. The molecule has 2 aromatic carbocycles. The van der Waals surface area contributed by atoms with Crippen LogP contribution in [0, 0.1) is 0 Å². The lowest BCUT2D eigenvalue weighted by Gasteiger charge is -2.07. The maximum atomic E-state index is 11.8. The molecule has 4 N–H and O–H groups in total. The van der Waals surface area contributed by atoms with E-state index in [0.717, 1.165) is 12.1 Å². The first-order valence-electron chi connectivity index (χ1n) is 7.68. The number of benzene rings is 2. The Morgan fingerprint density at radius 3 is 2.43 bits per heavy atom. The molecule has 0 spiro atoms. The summed E-state index contributed by atoms with van der Waals surface area (Å²) in [5, 5.41) is 5.83. The van der Waals surface area contributed by atoms with Gasteiger partial charge in [0.2, 0.25) is 0 Å². The molecular weight excluding hydrogens is 288 g/mol. The zero-order valence-electron chi connectivity index (χ0n) is 13.3. The fourth-order valence-electron chi connectivity index (χ4n) is 2.05. The van der Waals surface area contributed by atoms with Crippen molar-refractivity contribution in [3.8, 4) is 0 Å². The molecule has 120 valence electrons. The van der Waals surface area contributed by atoms with Crippen LogP contribution < -0.4 is 16.4 Å². The van der Waals surface area contributed by atoms with E-state index in [9.17, 15) is 4.79 Å². The van der Waals surface area contributed by atoms with Gasteiger partial charge in [0.25, 0.3) is 5.91 Å². The van der Waals surface area contributed by atoms with E-state index in [1.54, 1.807) is 12.1 Å². The third-order valence-corrected chi connectivity index (χ3v) is 3.35. The zero-order chi connectivity index (χ0) is 16.5. The Balaban J connectivity index is 1.75. The van der Waals surface area contributed by atoms with Gasteiger partial charge >= 0.3 is 0 Å². The lowest BCUT2D eigenvalue weighted by Crippen LogP contribution is -2.28. The fraction of sp³-hybridized carbons (Fsp3) is 0.222. The minimum absolute atomic E-state index is 0.109. The van der Waals surface area contributed by atoms with Gasteiger partial charge in [-0.2, -0.15) is 0 Å². The van der Waals surface area contributed by atoms with Crippen molar-refractivity contribution in [2.75, 3.05) is 18.4 Å². The molecule has 1 amide bonds. The number of rotatable bonds is 6. The molecule has 0 fully saturated rings. The van der Waals surface area contributed by atoms with Gasteiger partial charge in [-0.1, -0.05) is 37.3 Å². The molecule has 2 rings (SSSR count). The Bertz CT molecular complexity index is 650. The molecule has 5 nitrogen and oxygen atoms in total. The second-order valence-corrected chi connectivity index (χ2v) is 5.06. The Labute approximate surface area is 136 Å². The topological polar surface area (TPSA) is 79.5 Å². The van der Waals surface area contributed by atoms with Crippen LogP contribution in [0.1, 0.15) is 22.8 Å². The van der Waals surface area contributed by atoms with Gasteiger partial charge in [-0.05, 0) is 36.2 Å². The van der Waals surface area contributed by atoms with Crippen LogP contribution in [-0.2, 0) is 6.42 Å². The first-order chi connectivity index (χ1) is 11.2. The van der Waals surface area contributed by atoms with Crippen molar-refractivity contribution in [2.24, 2.45) is 10.7 Å². The highest BCUT2D eigenvalue weighted by molar-refractivity contribution is 5.94. The first kappa shape index (κ1) is 16.5. The van der Waals surface area contributed by atoms with Gasteiger partial charge in [-0.15, -0.1) is 0 Å². The summed E-state index contributed by atoms with van der Waals surface area (Å²) < 4.78 is 0. The summed E-state index contributed by atoms with van der Waals surface area (Å²) in [6.45, 7) is 2.97. The van der Waals surface area contributed by atoms with E-state index >= 15 is 0 Å². The molecule has 23 heavy (non-hydrogen) atoms. The molecule has 0 bridgehead atoms. The molecule has 5 heteroatoms. The Morgan fingerprint density at radius 1 is 1.09 bits per heavy atom. The predicted octanol–water partition coefficient (Wildman–Crippen LogP) is 2.41. The summed E-state index contributed by atoms with van der Waals surface area (Å²) in [4.78, 5) is 16.0. The van der Waals surface area contributed by atoms with E-state index in [0.29, 0.717) is 24.6 Å². The van der Waals surface area contributed by atoms with Crippen molar-refractivity contribution in [3.05, 3.63) is 65.7 Å². The fourth-order valence-corrected chi connectivity index (χ4v) is 2.05. The standard InChI is InChI=1S/C18H22N4O/c1-2-14-8-10-16(11-9-14)22-18(19)21-13-12-20-17(23)15-6-4-3-5-7-15/h3-11H,2,12-13H2,1H3,(H,20,23)(H3,19,21,22). The molecule has 0 unspecified atom stereocenters. The van der Waals surface area contributed by atoms with Crippen LogP contribution in [0.5, 0.6) is 0 Å². The van der Waals surface area contributed by atoms with Gasteiger partial charge in [-0.3, -0.25) is 9.79 Å². The summed E-state index contributed by atoms with van der Waals surface area (Å²) in [6, 6.07) is 17.1. The van der Waals surface area contributed by atoms with Crippen molar-refractivity contribution in [2.45, 2.75) is 13.3 Å². The van der Waals surface area contributed by atoms with Gasteiger partial charge in [0.15, 0.2) is 5.96 Å². The van der Waals surface area contributed by atoms with E-state index < -0.39 is 0 Å². The summed E-state index contributed by atoms with van der Waals surface area (Å²) in [6.07, 6.45) is 1.00. The maximum absolute atomic E-state index is 11.8. The highest BCUT2D eigenvalue weighted by Crippen LogP contribution is 2.09. The average Bonchev–Trinajstić information content (AvgIpc) is 2.60. The molecule has 0 atom stereocenters. The van der Waals surface area contributed by atoms with Crippen molar-refractivity contribution in [3.63, 3.8) is 0 Å². The van der Waals surface area contributed by atoms with Crippen molar-refractivity contribution >= 4 is 17.6 Å². The van der Waals surface area contributed by atoms with Crippen LogP contribution in [0.2, 0.25) is 0 Å². The third kappa shape index (κ3) is 5.47. The number of aryl methyl sites for hydroxylation is 1. The Kier molecular flexibility index (Phi) is 6.17. The SMILES string of the molecule is CCc1ccc(NC(N)=NCCNC(=O)c2ccccc2)cc1. The van der Waals surface area contributed by atoms with Crippen LogP contribution in [0.3, 0.4) is 0 Å². The lowest BCUT2D eigenvalue weighted by molar-refractivity contribution is 0.0955. The molecular formula is C18H22N4O. The summed E-state index contributed by atoms with van der Waals surface area (Å²) in [5.41, 5.74) is 8.64. The second kappa shape index (κ2) is 8.58. The van der Waals surface area contributed by atoms with Crippen LogP contribution >= 0.6 is 0 Å². The van der Waals surface area contributed by atoms with E-state index in [4.69, 9.17) is 5.73 Å². The molecule has 0 saturated carbocycles. The van der Waals surface area contributed by atoms with E-state index in [2.05, 4.69) is 34.7 Å². The summed E-state index contributed by atoms with van der Waals surface area (Å²) in [5.74, 6) is 0.227. The van der Waals surface area contributed by atoms with Gasteiger partial charge in [-0.25, -0.2) is 0 Å². The van der Waals surface area contributed by atoms with Crippen LogP contribution in [-0.4, -0.2) is 25.0 Å². The molecule has 2 aromatic rings. The normalized spacial score (nSPS) is 11.1. The molecule has 0 aromatic heterocycles. The van der Waals surface area contributed by atoms with Crippen LogP contribution in [0.25, 0.3) is 0 Å². The maximum Gasteiger partial charge on any atom is 0.251 e.